The Labute approximate surface area is 235 Å². The zero-order valence-corrected chi connectivity index (χ0v) is 25.9. The molecule has 4 atom stereocenters. The molecule has 1 heterocycles. The van der Waals surface area contributed by atoms with Gasteiger partial charge in [0.05, 0.1) is 0 Å². The lowest BCUT2D eigenvalue weighted by atomic mass is 9.69. The highest BCUT2D eigenvalue weighted by molar-refractivity contribution is 6.99. The van der Waals surface area contributed by atoms with Gasteiger partial charge in [0.25, 0.3) is 8.32 Å². The van der Waals surface area contributed by atoms with Gasteiger partial charge in [-0.15, -0.1) is 0 Å². The van der Waals surface area contributed by atoms with E-state index in [1.807, 2.05) is 0 Å². The molecular weight excluding hydrogens is 478 g/mol. The van der Waals surface area contributed by atoms with Gasteiger partial charge in [-0.2, -0.15) is 0 Å². The number of fused-ring (bicyclic) bond motifs is 1. The molecule has 1 saturated heterocycles. The van der Waals surface area contributed by atoms with Gasteiger partial charge < -0.3 is 9.74 Å². The molecule has 1 saturated carbocycles. The van der Waals surface area contributed by atoms with Crippen LogP contribution in [0.15, 0.2) is 60.7 Å². The molecule has 0 bridgehead atoms. The number of hydrogen-bond acceptors (Lipinski definition) is 2. The van der Waals surface area contributed by atoms with Crippen molar-refractivity contribution < 1.29 is 4.43 Å². The van der Waals surface area contributed by atoms with Crippen molar-refractivity contribution in [3.05, 3.63) is 60.7 Å². The molecule has 2 aliphatic rings. The van der Waals surface area contributed by atoms with E-state index in [9.17, 15) is 0 Å². The zero-order chi connectivity index (χ0) is 26.8. The summed E-state index contributed by atoms with van der Waals surface area (Å²) in [5.74, 6) is 1.95. The highest BCUT2D eigenvalue weighted by Gasteiger charge is 2.50. The molecule has 1 aliphatic heterocycles. The standard InChI is InChI=1S/C35H55NOSi/c1-5-6-10-18-29-19-17-25-34-33(29)27-26-30(36-34)20-11-9-16-28-37-38(35(2,3)4,31-21-12-7-13-22-31)32-23-14-8-15-24-32/h7-8,12-15,21-24,29-30,33-34,36H,5-6,9-11,16-20,25-28H2,1-4H3. The van der Waals surface area contributed by atoms with Crippen molar-refractivity contribution in [3.63, 3.8) is 0 Å². The summed E-state index contributed by atoms with van der Waals surface area (Å²) in [6.45, 7) is 10.3. The van der Waals surface area contributed by atoms with Crippen molar-refractivity contribution in [2.45, 2.75) is 128 Å². The first-order valence-electron chi connectivity index (χ1n) is 16.0. The van der Waals surface area contributed by atoms with Crippen LogP contribution in [0.1, 0.15) is 111 Å². The molecule has 2 aromatic rings. The number of unbranched alkanes of at least 4 members (excludes halogenated alkanes) is 4. The van der Waals surface area contributed by atoms with Crippen LogP contribution in [0.3, 0.4) is 0 Å². The second kappa shape index (κ2) is 14.3. The molecule has 2 aromatic carbocycles. The van der Waals surface area contributed by atoms with E-state index >= 15 is 0 Å². The summed E-state index contributed by atoms with van der Waals surface area (Å²) in [5.41, 5.74) is 0. The van der Waals surface area contributed by atoms with Crippen LogP contribution in [0.4, 0.5) is 0 Å². The summed E-state index contributed by atoms with van der Waals surface area (Å²) < 4.78 is 7.10. The van der Waals surface area contributed by atoms with E-state index in [0.29, 0.717) is 0 Å². The summed E-state index contributed by atoms with van der Waals surface area (Å²) in [6, 6.07) is 23.7. The molecule has 0 amide bonds. The molecular formula is C35H55NOSi. The smallest absolute Gasteiger partial charge is 0.261 e. The van der Waals surface area contributed by atoms with Crippen LogP contribution >= 0.6 is 0 Å². The van der Waals surface area contributed by atoms with Crippen molar-refractivity contribution >= 4 is 18.7 Å². The highest BCUT2D eigenvalue weighted by atomic mass is 28.4. The first-order chi connectivity index (χ1) is 18.5. The number of nitrogens with one attached hydrogen (secondary N) is 1. The van der Waals surface area contributed by atoms with E-state index in [1.54, 1.807) is 0 Å². The maximum atomic E-state index is 7.10. The van der Waals surface area contributed by atoms with Gasteiger partial charge in [0.1, 0.15) is 0 Å². The Balaban J connectivity index is 1.27. The van der Waals surface area contributed by atoms with Crippen molar-refractivity contribution in [1.82, 2.24) is 5.32 Å². The summed E-state index contributed by atoms with van der Waals surface area (Å²) in [4.78, 5) is 0. The van der Waals surface area contributed by atoms with Gasteiger partial charge in [-0.3, -0.25) is 0 Å². The lowest BCUT2D eigenvalue weighted by Crippen LogP contribution is -2.66. The fourth-order valence-electron chi connectivity index (χ4n) is 7.68. The Morgan fingerprint density at radius 1 is 0.763 bits per heavy atom. The maximum Gasteiger partial charge on any atom is 0.261 e. The first-order valence-corrected chi connectivity index (χ1v) is 17.9. The van der Waals surface area contributed by atoms with Crippen molar-refractivity contribution in [2.75, 3.05) is 6.61 Å². The highest BCUT2D eigenvalue weighted by Crippen LogP contribution is 2.40. The second-order valence-corrected chi connectivity index (χ2v) is 17.6. The monoisotopic (exact) mass is 533 g/mol. The summed E-state index contributed by atoms with van der Waals surface area (Å²) in [5, 5.41) is 6.97. The van der Waals surface area contributed by atoms with Crippen molar-refractivity contribution in [3.8, 4) is 0 Å². The van der Waals surface area contributed by atoms with E-state index in [-0.39, 0.29) is 5.04 Å². The van der Waals surface area contributed by atoms with Crippen LogP contribution < -0.4 is 15.7 Å². The zero-order valence-electron chi connectivity index (χ0n) is 24.9. The van der Waals surface area contributed by atoms with Crippen LogP contribution in [0.5, 0.6) is 0 Å². The maximum absolute atomic E-state index is 7.10. The van der Waals surface area contributed by atoms with E-state index in [2.05, 4.69) is 93.7 Å². The minimum absolute atomic E-state index is 0.0622. The lowest BCUT2D eigenvalue weighted by Gasteiger charge is -2.45. The number of benzene rings is 2. The average molecular weight is 534 g/mol. The molecule has 1 aliphatic carbocycles. The van der Waals surface area contributed by atoms with Crippen LogP contribution in [0.2, 0.25) is 5.04 Å². The fraction of sp³-hybridized carbons (Fsp3) is 0.657. The molecule has 210 valence electrons. The molecule has 2 fully saturated rings. The number of hydrogen-bond donors (Lipinski definition) is 1. The third-order valence-corrected chi connectivity index (χ3v) is 14.7. The fourth-order valence-corrected chi connectivity index (χ4v) is 12.3. The minimum Gasteiger partial charge on any atom is -0.407 e. The quantitative estimate of drug-likeness (QED) is 0.207. The first kappa shape index (κ1) is 29.6. The molecule has 4 unspecified atom stereocenters. The van der Waals surface area contributed by atoms with Gasteiger partial charge in [-0.25, -0.2) is 0 Å². The van der Waals surface area contributed by atoms with Crippen LogP contribution in [-0.4, -0.2) is 27.0 Å². The van der Waals surface area contributed by atoms with Gasteiger partial charge in [-0.05, 0) is 59.4 Å². The molecule has 38 heavy (non-hydrogen) atoms. The molecule has 2 nitrogen and oxygen atoms in total. The predicted molar refractivity (Wildman–Crippen MR) is 167 cm³/mol. The lowest BCUT2D eigenvalue weighted by molar-refractivity contribution is 0.104. The number of rotatable bonds is 13. The van der Waals surface area contributed by atoms with Crippen LogP contribution in [0.25, 0.3) is 0 Å². The van der Waals surface area contributed by atoms with Gasteiger partial charge in [0.2, 0.25) is 0 Å². The predicted octanol–water partition coefficient (Wildman–Crippen LogP) is 8.24. The van der Waals surface area contributed by atoms with E-state index in [1.165, 1.54) is 87.4 Å². The average Bonchev–Trinajstić information content (AvgIpc) is 2.93. The molecule has 4 rings (SSSR count). The third-order valence-electron chi connectivity index (χ3n) is 9.62. The largest absolute Gasteiger partial charge is 0.407 e. The molecule has 0 spiro atoms. The van der Waals surface area contributed by atoms with Crippen LogP contribution in [-0.2, 0) is 4.43 Å². The van der Waals surface area contributed by atoms with Crippen molar-refractivity contribution in [1.29, 1.82) is 0 Å². The Morgan fingerprint density at radius 3 is 2.05 bits per heavy atom. The van der Waals surface area contributed by atoms with E-state index in [4.69, 9.17) is 4.43 Å². The van der Waals surface area contributed by atoms with Gasteiger partial charge >= 0.3 is 0 Å². The Morgan fingerprint density at radius 2 is 1.42 bits per heavy atom. The molecule has 0 radical (unpaired) electrons. The number of piperidine rings is 1. The minimum atomic E-state index is -2.39. The van der Waals surface area contributed by atoms with E-state index in [0.717, 1.165) is 36.9 Å². The molecule has 3 heteroatoms. The Kier molecular flexibility index (Phi) is 11.1. The second-order valence-electron chi connectivity index (χ2n) is 13.3. The van der Waals surface area contributed by atoms with Crippen LogP contribution in [0, 0.1) is 11.8 Å². The SMILES string of the molecule is CCCCCC1CCCC2NC(CCCCCO[Si](c3ccccc3)(c3ccccc3)C(C)(C)C)CCC12. The van der Waals surface area contributed by atoms with Gasteiger partial charge in [-0.1, -0.05) is 140 Å². The summed E-state index contributed by atoms with van der Waals surface area (Å²) >= 11 is 0. The Hall–Kier alpha value is -1.42. The third kappa shape index (κ3) is 7.20. The normalized spacial score (nSPS) is 24.2. The topological polar surface area (TPSA) is 21.3 Å². The summed E-state index contributed by atoms with van der Waals surface area (Å²) in [7, 11) is -2.39. The Bertz CT molecular complexity index is 884. The molecule has 0 aromatic heterocycles. The molecule has 1 N–H and O–H groups in total. The summed E-state index contributed by atoms with van der Waals surface area (Å²) in [6.07, 6.45) is 18.0. The van der Waals surface area contributed by atoms with Crippen molar-refractivity contribution in [2.24, 2.45) is 11.8 Å². The van der Waals surface area contributed by atoms with Gasteiger partial charge in [0.15, 0.2) is 0 Å². The van der Waals surface area contributed by atoms with Gasteiger partial charge in [0, 0.05) is 18.7 Å². The van der Waals surface area contributed by atoms with E-state index < -0.39 is 8.32 Å².